The van der Waals surface area contributed by atoms with Crippen molar-refractivity contribution in [2.24, 2.45) is 7.05 Å². The van der Waals surface area contributed by atoms with Crippen molar-refractivity contribution in [2.75, 3.05) is 11.9 Å². The second-order valence-electron chi connectivity index (χ2n) is 5.82. The highest BCUT2D eigenvalue weighted by atomic mass is 35.5. The summed E-state index contributed by atoms with van der Waals surface area (Å²) in [6.07, 6.45) is 0. The summed E-state index contributed by atoms with van der Waals surface area (Å²) >= 11 is 12.3. The SMILES string of the molecule is CCNc1cc(Cl)cc(C(=O)NCc2c(Cl)n(C)c(C)cc2=O)c1C. The maximum atomic E-state index is 12.6. The van der Waals surface area contributed by atoms with Gasteiger partial charge in [-0.2, -0.15) is 0 Å². The predicted octanol–water partition coefficient (Wildman–Crippen LogP) is 3.67. The molecule has 2 aromatic rings. The fourth-order valence-corrected chi connectivity index (χ4v) is 3.06. The minimum atomic E-state index is -0.308. The van der Waals surface area contributed by atoms with Gasteiger partial charge in [0.05, 0.1) is 5.56 Å². The van der Waals surface area contributed by atoms with Gasteiger partial charge in [0.25, 0.3) is 5.91 Å². The van der Waals surface area contributed by atoms with Gasteiger partial charge < -0.3 is 15.2 Å². The number of carbonyl (C=O) groups excluding carboxylic acids is 1. The maximum Gasteiger partial charge on any atom is 0.251 e. The third-order valence-electron chi connectivity index (χ3n) is 4.12. The van der Waals surface area contributed by atoms with Gasteiger partial charge in [-0.1, -0.05) is 23.2 Å². The molecule has 0 saturated carbocycles. The van der Waals surface area contributed by atoms with Gasteiger partial charge in [-0.25, -0.2) is 0 Å². The van der Waals surface area contributed by atoms with Crippen molar-refractivity contribution >= 4 is 34.8 Å². The zero-order valence-electron chi connectivity index (χ0n) is 14.7. The molecule has 0 radical (unpaired) electrons. The van der Waals surface area contributed by atoms with E-state index in [4.69, 9.17) is 23.2 Å². The molecule has 7 heteroatoms. The van der Waals surface area contributed by atoms with Crippen LogP contribution in [0.2, 0.25) is 10.2 Å². The lowest BCUT2D eigenvalue weighted by atomic mass is 10.1. The van der Waals surface area contributed by atoms with Crippen molar-refractivity contribution in [3.8, 4) is 0 Å². The Bertz CT molecular complexity index is 876. The van der Waals surface area contributed by atoms with E-state index < -0.39 is 0 Å². The first-order valence-electron chi connectivity index (χ1n) is 7.93. The lowest BCUT2D eigenvalue weighted by Gasteiger charge is -2.15. The van der Waals surface area contributed by atoms with E-state index in [1.165, 1.54) is 6.07 Å². The van der Waals surface area contributed by atoms with E-state index in [1.54, 1.807) is 30.7 Å². The quantitative estimate of drug-likeness (QED) is 0.776. The number of aromatic nitrogens is 1. The number of amides is 1. The Labute approximate surface area is 157 Å². The average molecular weight is 382 g/mol. The Balaban J connectivity index is 2.28. The van der Waals surface area contributed by atoms with Crippen LogP contribution in [0.5, 0.6) is 0 Å². The topological polar surface area (TPSA) is 63.1 Å². The summed E-state index contributed by atoms with van der Waals surface area (Å²) in [5.41, 5.74) is 2.98. The molecule has 1 amide bonds. The summed E-state index contributed by atoms with van der Waals surface area (Å²) in [6.45, 7) is 6.38. The molecule has 25 heavy (non-hydrogen) atoms. The third kappa shape index (κ3) is 4.17. The van der Waals surface area contributed by atoms with Gasteiger partial charge in [-0.05, 0) is 38.5 Å². The van der Waals surface area contributed by atoms with Crippen LogP contribution in [-0.4, -0.2) is 17.0 Å². The average Bonchev–Trinajstić information content (AvgIpc) is 2.55. The van der Waals surface area contributed by atoms with Gasteiger partial charge in [0.2, 0.25) is 0 Å². The molecule has 2 rings (SSSR count). The summed E-state index contributed by atoms with van der Waals surface area (Å²) in [6, 6.07) is 4.90. The Morgan fingerprint density at radius 1 is 1.20 bits per heavy atom. The Morgan fingerprint density at radius 3 is 2.52 bits per heavy atom. The van der Waals surface area contributed by atoms with Gasteiger partial charge >= 0.3 is 0 Å². The standard InChI is InChI=1S/C18H21Cl2N3O2/c1-5-21-15-8-12(19)7-13(11(15)3)18(25)22-9-14-16(24)6-10(2)23(4)17(14)20/h6-8,21H,5,9H2,1-4H3,(H,22,25). The van der Waals surface area contributed by atoms with Crippen LogP contribution in [0, 0.1) is 13.8 Å². The Morgan fingerprint density at radius 2 is 1.88 bits per heavy atom. The first-order chi connectivity index (χ1) is 11.8. The zero-order valence-corrected chi connectivity index (χ0v) is 16.2. The molecule has 0 bridgehead atoms. The number of benzene rings is 1. The molecular formula is C18H21Cl2N3O2. The van der Waals surface area contributed by atoms with Crippen molar-refractivity contribution in [3.63, 3.8) is 0 Å². The van der Waals surface area contributed by atoms with Crippen LogP contribution >= 0.6 is 23.2 Å². The second-order valence-corrected chi connectivity index (χ2v) is 6.61. The fraction of sp³-hybridized carbons (Fsp3) is 0.333. The predicted molar refractivity (Wildman–Crippen MR) is 103 cm³/mol. The molecule has 0 atom stereocenters. The molecule has 134 valence electrons. The minimum absolute atomic E-state index is 0.0487. The lowest BCUT2D eigenvalue weighted by Crippen LogP contribution is -2.28. The molecule has 0 spiro atoms. The summed E-state index contributed by atoms with van der Waals surface area (Å²) in [5.74, 6) is -0.308. The van der Waals surface area contributed by atoms with E-state index in [1.807, 2.05) is 13.8 Å². The number of halogens is 2. The van der Waals surface area contributed by atoms with Crippen molar-refractivity contribution < 1.29 is 4.79 Å². The molecule has 0 fully saturated rings. The number of rotatable bonds is 5. The molecule has 5 nitrogen and oxygen atoms in total. The molecule has 0 aliphatic carbocycles. The van der Waals surface area contributed by atoms with Gasteiger partial charge in [0, 0.05) is 48.2 Å². The number of pyridine rings is 1. The van der Waals surface area contributed by atoms with E-state index in [0.717, 1.165) is 23.5 Å². The number of hydrogen-bond acceptors (Lipinski definition) is 3. The maximum absolute atomic E-state index is 12.6. The van der Waals surface area contributed by atoms with Gasteiger partial charge in [0.1, 0.15) is 5.15 Å². The van der Waals surface area contributed by atoms with Crippen LogP contribution in [-0.2, 0) is 13.6 Å². The molecule has 1 heterocycles. The highest BCUT2D eigenvalue weighted by Crippen LogP contribution is 2.25. The highest BCUT2D eigenvalue weighted by molar-refractivity contribution is 6.31. The number of hydrogen-bond donors (Lipinski definition) is 2. The lowest BCUT2D eigenvalue weighted by molar-refractivity contribution is 0.0950. The fourth-order valence-electron chi connectivity index (χ4n) is 2.55. The van der Waals surface area contributed by atoms with Crippen LogP contribution < -0.4 is 16.1 Å². The minimum Gasteiger partial charge on any atom is -0.385 e. The summed E-state index contributed by atoms with van der Waals surface area (Å²) in [4.78, 5) is 24.7. The van der Waals surface area contributed by atoms with Gasteiger partial charge in [-0.3, -0.25) is 9.59 Å². The first-order valence-corrected chi connectivity index (χ1v) is 8.69. The van der Waals surface area contributed by atoms with Gasteiger partial charge in [0.15, 0.2) is 5.43 Å². The van der Waals surface area contributed by atoms with E-state index in [-0.39, 0.29) is 17.9 Å². The molecule has 2 N–H and O–H groups in total. The first kappa shape index (κ1) is 19.3. The Kier molecular flexibility index (Phi) is 6.14. The molecule has 0 unspecified atom stereocenters. The molecule has 0 aliphatic rings. The molecule has 1 aromatic carbocycles. The van der Waals surface area contributed by atoms with Crippen LogP contribution in [0.15, 0.2) is 23.0 Å². The summed E-state index contributed by atoms with van der Waals surface area (Å²) in [7, 11) is 1.77. The molecule has 1 aromatic heterocycles. The third-order valence-corrected chi connectivity index (χ3v) is 4.82. The van der Waals surface area contributed by atoms with E-state index >= 15 is 0 Å². The zero-order chi connectivity index (χ0) is 18.7. The smallest absolute Gasteiger partial charge is 0.251 e. The largest absolute Gasteiger partial charge is 0.385 e. The number of nitrogens with one attached hydrogen (secondary N) is 2. The van der Waals surface area contributed by atoms with Crippen molar-refractivity contribution in [2.45, 2.75) is 27.3 Å². The Hall–Kier alpha value is -1.98. The monoisotopic (exact) mass is 381 g/mol. The number of anilines is 1. The highest BCUT2D eigenvalue weighted by Gasteiger charge is 2.16. The summed E-state index contributed by atoms with van der Waals surface area (Å²) in [5, 5.41) is 6.73. The normalized spacial score (nSPS) is 10.6. The van der Waals surface area contributed by atoms with Crippen molar-refractivity contribution in [1.29, 1.82) is 0 Å². The number of nitrogens with zero attached hydrogens (tertiary/aromatic N) is 1. The molecule has 0 saturated heterocycles. The van der Waals surface area contributed by atoms with E-state index in [9.17, 15) is 9.59 Å². The van der Waals surface area contributed by atoms with E-state index in [0.29, 0.717) is 21.3 Å². The van der Waals surface area contributed by atoms with Crippen LogP contribution in [0.1, 0.15) is 34.1 Å². The van der Waals surface area contributed by atoms with E-state index in [2.05, 4.69) is 10.6 Å². The second kappa shape index (κ2) is 7.93. The van der Waals surface area contributed by atoms with Crippen molar-refractivity contribution in [3.05, 3.63) is 61.0 Å². The van der Waals surface area contributed by atoms with Crippen molar-refractivity contribution in [1.82, 2.24) is 9.88 Å². The van der Waals surface area contributed by atoms with Crippen LogP contribution in [0.4, 0.5) is 5.69 Å². The van der Waals surface area contributed by atoms with Crippen LogP contribution in [0.3, 0.4) is 0 Å². The van der Waals surface area contributed by atoms with Crippen LogP contribution in [0.25, 0.3) is 0 Å². The molecule has 0 aliphatic heterocycles. The number of carbonyl (C=O) groups is 1. The van der Waals surface area contributed by atoms with Gasteiger partial charge in [-0.15, -0.1) is 0 Å². The molecular weight excluding hydrogens is 361 g/mol. The number of aryl methyl sites for hydroxylation is 1. The summed E-state index contributed by atoms with van der Waals surface area (Å²) < 4.78 is 1.71.